The first-order valence-electron chi connectivity index (χ1n) is 5.72. The summed E-state index contributed by atoms with van der Waals surface area (Å²) in [4.78, 5) is 0. The standard InChI is InChI=1S/C13H18N4/c1-9-5-6-10(2)11(7-9)13(14-3)12-8-15-16-17(12)4/h5-8,13-14H,1-4H3. The van der Waals surface area contributed by atoms with E-state index in [2.05, 4.69) is 47.7 Å². The van der Waals surface area contributed by atoms with E-state index in [9.17, 15) is 0 Å². The van der Waals surface area contributed by atoms with Gasteiger partial charge in [0.25, 0.3) is 0 Å². The van der Waals surface area contributed by atoms with Crippen LogP contribution in [0.4, 0.5) is 0 Å². The molecular weight excluding hydrogens is 212 g/mol. The molecule has 1 heterocycles. The first-order valence-corrected chi connectivity index (χ1v) is 5.72. The van der Waals surface area contributed by atoms with E-state index in [0.29, 0.717) is 0 Å². The summed E-state index contributed by atoms with van der Waals surface area (Å²) in [6, 6.07) is 6.63. The van der Waals surface area contributed by atoms with Crippen LogP contribution in [-0.2, 0) is 7.05 Å². The second-order valence-electron chi connectivity index (χ2n) is 4.36. The number of aryl methyl sites for hydroxylation is 3. The number of hydrogen-bond acceptors (Lipinski definition) is 3. The molecule has 1 aromatic carbocycles. The van der Waals surface area contributed by atoms with Gasteiger partial charge in [0.05, 0.1) is 17.9 Å². The maximum Gasteiger partial charge on any atom is 0.0798 e. The lowest BCUT2D eigenvalue weighted by Gasteiger charge is -2.19. The van der Waals surface area contributed by atoms with Crippen LogP contribution < -0.4 is 5.32 Å². The summed E-state index contributed by atoms with van der Waals surface area (Å²) in [5.41, 5.74) is 4.89. The monoisotopic (exact) mass is 230 g/mol. The minimum Gasteiger partial charge on any atom is -0.308 e. The molecule has 0 amide bonds. The zero-order valence-corrected chi connectivity index (χ0v) is 10.7. The maximum atomic E-state index is 3.99. The molecule has 90 valence electrons. The van der Waals surface area contributed by atoms with E-state index in [-0.39, 0.29) is 6.04 Å². The number of aromatic nitrogens is 3. The van der Waals surface area contributed by atoms with Crippen LogP contribution in [0.5, 0.6) is 0 Å². The van der Waals surface area contributed by atoms with Gasteiger partial charge in [0, 0.05) is 7.05 Å². The van der Waals surface area contributed by atoms with Crippen molar-refractivity contribution in [1.82, 2.24) is 20.3 Å². The molecule has 4 heteroatoms. The number of nitrogens with zero attached hydrogens (tertiary/aromatic N) is 3. The molecule has 0 radical (unpaired) electrons. The zero-order valence-electron chi connectivity index (χ0n) is 10.7. The van der Waals surface area contributed by atoms with Crippen molar-refractivity contribution in [3.63, 3.8) is 0 Å². The first kappa shape index (κ1) is 11.8. The number of hydrogen-bond donors (Lipinski definition) is 1. The highest BCUT2D eigenvalue weighted by Gasteiger charge is 2.17. The quantitative estimate of drug-likeness (QED) is 0.873. The SMILES string of the molecule is CNC(c1cc(C)ccc1C)c1cnnn1C. The molecule has 0 fully saturated rings. The van der Waals surface area contributed by atoms with Gasteiger partial charge in [-0.1, -0.05) is 29.0 Å². The Balaban J connectivity index is 2.49. The van der Waals surface area contributed by atoms with E-state index >= 15 is 0 Å². The van der Waals surface area contributed by atoms with Gasteiger partial charge in [0.2, 0.25) is 0 Å². The van der Waals surface area contributed by atoms with Crippen LogP contribution in [0.1, 0.15) is 28.4 Å². The lowest BCUT2D eigenvalue weighted by atomic mass is 9.97. The minimum atomic E-state index is 0.134. The summed E-state index contributed by atoms with van der Waals surface area (Å²) in [6.45, 7) is 4.24. The molecule has 0 spiro atoms. The summed E-state index contributed by atoms with van der Waals surface area (Å²) in [5, 5.41) is 11.3. The first-order chi connectivity index (χ1) is 8.13. The zero-order chi connectivity index (χ0) is 12.4. The largest absolute Gasteiger partial charge is 0.308 e. The van der Waals surface area contributed by atoms with Gasteiger partial charge in [-0.15, -0.1) is 5.10 Å². The van der Waals surface area contributed by atoms with Gasteiger partial charge < -0.3 is 5.32 Å². The van der Waals surface area contributed by atoms with Crippen molar-refractivity contribution in [3.05, 3.63) is 46.8 Å². The Kier molecular flexibility index (Phi) is 3.24. The van der Waals surface area contributed by atoms with Gasteiger partial charge in [-0.3, -0.25) is 4.68 Å². The Morgan fingerprint density at radius 1 is 1.29 bits per heavy atom. The number of rotatable bonds is 3. The van der Waals surface area contributed by atoms with Gasteiger partial charge in [-0.2, -0.15) is 0 Å². The molecule has 0 aliphatic rings. The molecule has 17 heavy (non-hydrogen) atoms. The van der Waals surface area contributed by atoms with Gasteiger partial charge in [-0.25, -0.2) is 0 Å². The molecule has 1 atom stereocenters. The molecule has 1 N–H and O–H groups in total. The van der Waals surface area contributed by atoms with Crippen molar-refractivity contribution >= 4 is 0 Å². The van der Waals surface area contributed by atoms with E-state index < -0.39 is 0 Å². The van der Waals surface area contributed by atoms with Crippen LogP contribution in [0.15, 0.2) is 24.4 Å². The smallest absolute Gasteiger partial charge is 0.0798 e. The Morgan fingerprint density at radius 2 is 2.06 bits per heavy atom. The third-order valence-corrected chi connectivity index (χ3v) is 3.08. The Labute approximate surface area is 102 Å². The highest BCUT2D eigenvalue weighted by Crippen LogP contribution is 2.24. The second-order valence-corrected chi connectivity index (χ2v) is 4.36. The summed E-state index contributed by atoms with van der Waals surface area (Å²) in [6.07, 6.45) is 1.81. The topological polar surface area (TPSA) is 42.7 Å². The number of nitrogens with one attached hydrogen (secondary N) is 1. The molecule has 1 unspecified atom stereocenters. The van der Waals surface area contributed by atoms with Gasteiger partial charge >= 0.3 is 0 Å². The van der Waals surface area contributed by atoms with Crippen molar-refractivity contribution in [3.8, 4) is 0 Å². The van der Waals surface area contributed by atoms with Gasteiger partial charge in [0.15, 0.2) is 0 Å². The molecule has 0 aliphatic carbocycles. The Morgan fingerprint density at radius 3 is 2.65 bits per heavy atom. The van der Waals surface area contributed by atoms with E-state index in [1.807, 2.05) is 25.0 Å². The van der Waals surface area contributed by atoms with Crippen molar-refractivity contribution in [2.75, 3.05) is 7.05 Å². The van der Waals surface area contributed by atoms with Crippen LogP contribution in [0.2, 0.25) is 0 Å². The van der Waals surface area contributed by atoms with E-state index in [1.165, 1.54) is 16.7 Å². The highest BCUT2D eigenvalue weighted by atomic mass is 15.4. The Bertz CT molecular complexity index is 516. The van der Waals surface area contributed by atoms with Crippen molar-refractivity contribution in [2.24, 2.45) is 7.05 Å². The molecule has 0 saturated carbocycles. The maximum absolute atomic E-state index is 3.99. The van der Waals surface area contributed by atoms with Crippen molar-refractivity contribution in [1.29, 1.82) is 0 Å². The fourth-order valence-electron chi connectivity index (χ4n) is 2.09. The van der Waals surface area contributed by atoms with Crippen LogP contribution >= 0.6 is 0 Å². The van der Waals surface area contributed by atoms with Crippen LogP contribution in [0.25, 0.3) is 0 Å². The van der Waals surface area contributed by atoms with Crippen LogP contribution in [0.3, 0.4) is 0 Å². The molecule has 0 saturated heterocycles. The number of benzene rings is 1. The molecule has 2 aromatic rings. The van der Waals surface area contributed by atoms with Gasteiger partial charge in [-0.05, 0) is 32.0 Å². The molecule has 1 aromatic heterocycles. The Hall–Kier alpha value is -1.68. The van der Waals surface area contributed by atoms with Gasteiger partial charge in [0.1, 0.15) is 0 Å². The van der Waals surface area contributed by atoms with Crippen LogP contribution in [-0.4, -0.2) is 22.0 Å². The molecule has 0 bridgehead atoms. The summed E-state index contributed by atoms with van der Waals surface area (Å²) >= 11 is 0. The van der Waals surface area contributed by atoms with E-state index in [1.54, 1.807) is 0 Å². The van der Waals surface area contributed by atoms with E-state index in [4.69, 9.17) is 0 Å². The van der Waals surface area contributed by atoms with E-state index in [0.717, 1.165) is 5.69 Å². The average molecular weight is 230 g/mol. The molecule has 2 rings (SSSR count). The van der Waals surface area contributed by atoms with Crippen LogP contribution in [0, 0.1) is 13.8 Å². The fraction of sp³-hybridized carbons (Fsp3) is 0.385. The normalized spacial score (nSPS) is 12.7. The lowest BCUT2D eigenvalue weighted by molar-refractivity contribution is 0.596. The fourth-order valence-corrected chi connectivity index (χ4v) is 2.09. The highest BCUT2D eigenvalue weighted by molar-refractivity contribution is 5.36. The summed E-state index contributed by atoms with van der Waals surface area (Å²) < 4.78 is 1.81. The van der Waals surface area contributed by atoms with Crippen molar-refractivity contribution in [2.45, 2.75) is 19.9 Å². The molecular formula is C13H18N4. The predicted molar refractivity (Wildman–Crippen MR) is 67.8 cm³/mol. The minimum absolute atomic E-state index is 0.134. The average Bonchev–Trinajstić information content (AvgIpc) is 2.71. The lowest BCUT2D eigenvalue weighted by Crippen LogP contribution is -2.21. The summed E-state index contributed by atoms with van der Waals surface area (Å²) in [7, 11) is 3.87. The second kappa shape index (κ2) is 4.67. The summed E-state index contributed by atoms with van der Waals surface area (Å²) in [5.74, 6) is 0. The predicted octanol–water partition coefficient (Wildman–Crippen LogP) is 1.74. The third kappa shape index (κ3) is 2.22. The molecule has 0 aliphatic heterocycles. The van der Waals surface area contributed by atoms with Crippen molar-refractivity contribution < 1.29 is 0 Å². The third-order valence-electron chi connectivity index (χ3n) is 3.08. The molecule has 4 nitrogen and oxygen atoms in total.